The Kier molecular flexibility index (Phi) is 9.06. The van der Waals surface area contributed by atoms with Crippen LogP contribution in [0.4, 0.5) is 11.6 Å². The number of aromatic nitrogens is 1. The number of aliphatic hydroxyl groups excluding tert-OH is 2. The molecule has 156 valence electrons. The molecule has 0 radical (unpaired) electrons. The normalized spacial score (nSPS) is 10.9. The smallest absolute Gasteiger partial charge is 0.273 e. The number of hydrogen-bond donors (Lipinski definition) is 4. The van der Waals surface area contributed by atoms with Crippen molar-refractivity contribution in [3.8, 4) is 0 Å². The second-order valence-electron chi connectivity index (χ2n) is 5.75. The topological polar surface area (TPSA) is 159 Å². The van der Waals surface area contributed by atoms with Crippen molar-refractivity contribution in [3.63, 3.8) is 0 Å². The van der Waals surface area contributed by atoms with Crippen LogP contribution in [-0.4, -0.2) is 56.0 Å². The van der Waals surface area contributed by atoms with Crippen LogP contribution in [0.3, 0.4) is 0 Å². The molecule has 11 heteroatoms. The van der Waals surface area contributed by atoms with Crippen LogP contribution < -0.4 is 15.4 Å². The van der Waals surface area contributed by atoms with Crippen molar-refractivity contribution < 1.29 is 27.9 Å². The number of amides is 1. The minimum absolute atomic E-state index is 0.0552. The number of nitrogens with one attached hydrogen (secondary N) is 1. The predicted octanol–water partition coefficient (Wildman–Crippen LogP) is 0.176. The molecular weight excluding hydrogens is 388 g/mol. The zero-order chi connectivity index (χ0) is 21.3. The third-order valence-electron chi connectivity index (χ3n) is 3.60. The van der Waals surface area contributed by atoms with Gasteiger partial charge in [-0.1, -0.05) is 5.16 Å². The van der Waals surface area contributed by atoms with Crippen LogP contribution in [0.25, 0.3) is 0 Å². The summed E-state index contributed by atoms with van der Waals surface area (Å²) in [5.41, 5.74) is 6.97. The summed E-state index contributed by atoms with van der Waals surface area (Å²) in [7, 11) is -4.08. The van der Waals surface area contributed by atoms with E-state index in [0.29, 0.717) is 34.3 Å². The second-order valence-corrected chi connectivity index (χ2v) is 7.54. The number of benzene rings is 1. The molecule has 1 amide bonds. The number of aliphatic hydroxyl groups is 2. The highest BCUT2D eigenvalue weighted by Crippen LogP contribution is 2.28. The van der Waals surface area contributed by atoms with Crippen molar-refractivity contribution in [2.75, 3.05) is 36.3 Å². The Bertz CT molecular complexity index is 860. The summed E-state index contributed by atoms with van der Waals surface area (Å²) in [6, 6.07) is 5.56. The second kappa shape index (κ2) is 10.8. The van der Waals surface area contributed by atoms with Crippen LogP contribution in [-0.2, 0) is 14.8 Å². The SMILES string of the molecule is CC(=O)N(c1onc(C)c1C)S(=O)(=O)c1ccc(N)cc1.OCCNCCO. The molecule has 0 saturated carbocycles. The minimum atomic E-state index is -4.08. The van der Waals surface area contributed by atoms with Crippen molar-refractivity contribution in [1.29, 1.82) is 0 Å². The zero-order valence-electron chi connectivity index (χ0n) is 16.0. The largest absolute Gasteiger partial charge is 0.399 e. The van der Waals surface area contributed by atoms with Crippen LogP contribution in [0.5, 0.6) is 0 Å². The molecule has 5 N–H and O–H groups in total. The van der Waals surface area contributed by atoms with Crippen LogP contribution in [0.2, 0.25) is 0 Å². The molecular formula is C17H26N4O6S. The summed E-state index contributed by atoms with van der Waals surface area (Å²) in [5, 5.41) is 22.8. The Labute approximate surface area is 164 Å². The van der Waals surface area contributed by atoms with E-state index in [9.17, 15) is 13.2 Å². The van der Waals surface area contributed by atoms with Gasteiger partial charge in [-0.2, -0.15) is 4.31 Å². The van der Waals surface area contributed by atoms with Gasteiger partial charge in [0.1, 0.15) is 0 Å². The highest BCUT2D eigenvalue weighted by Gasteiger charge is 2.33. The molecule has 1 heterocycles. The molecule has 0 aliphatic heterocycles. The number of hydrogen-bond acceptors (Lipinski definition) is 9. The van der Waals surface area contributed by atoms with Crippen LogP contribution >= 0.6 is 0 Å². The van der Waals surface area contributed by atoms with Gasteiger partial charge in [0, 0.05) is 31.3 Å². The number of carbonyl (C=O) groups excluding carboxylic acids is 1. The lowest BCUT2D eigenvalue weighted by Gasteiger charge is -2.18. The lowest BCUT2D eigenvalue weighted by molar-refractivity contribution is -0.115. The molecule has 10 nitrogen and oxygen atoms in total. The van der Waals surface area contributed by atoms with E-state index in [1.54, 1.807) is 13.8 Å². The summed E-state index contributed by atoms with van der Waals surface area (Å²) in [4.78, 5) is 11.8. The lowest BCUT2D eigenvalue weighted by Crippen LogP contribution is -2.35. The van der Waals surface area contributed by atoms with E-state index >= 15 is 0 Å². The van der Waals surface area contributed by atoms with Gasteiger partial charge in [-0.25, -0.2) is 8.42 Å². The molecule has 0 unspecified atom stereocenters. The van der Waals surface area contributed by atoms with Gasteiger partial charge >= 0.3 is 0 Å². The maximum absolute atomic E-state index is 12.6. The molecule has 0 saturated heterocycles. The van der Waals surface area contributed by atoms with Crippen molar-refractivity contribution in [2.24, 2.45) is 0 Å². The highest BCUT2D eigenvalue weighted by atomic mass is 32.2. The Morgan fingerprint density at radius 3 is 2.11 bits per heavy atom. The van der Waals surface area contributed by atoms with Gasteiger partial charge in [0.05, 0.1) is 23.8 Å². The molecule has 0 bridgehead atoms. The monoisotopic (exact) mass is 414 g/mol. The number of anilines is 2. The van der Waals surface area contributed by atoms with Gasteiger partial charge in [-0.05, 0) is 38.1 Å². The average Bonchev–Trinajstić information content (AvgIpc) is 2.95. The summed E-state index contributed by atoms with van der Waals surface area (Å²) >= 11 is 0. The molecule has 2 rings (SSSR count). The van der Waals surface area contributed by atoms with E-state index in [0.717, 1.165) is 6.92 Å². The van der Waals surface area contributed by atoms with Gasteiger partial charge in [0.2, 0.25) is 5.91 Å². The number of nitrogens with two attached hydrogens (primary N) is 1. The number of nitrogens with zero attached hydrogens (tertiary/aromatic N) is 2. The predicted molar refractivity (Wildman–Crippen MR) is 104 cm³/mol. The number of carbonyl (C=O) groups is 1. The maximum Gasteiger partial charge on any atom is 0.273 e. The van der Waals surface area contributed by atoms with Gasteiger partial charge in [-0.3, -0.25) is 4.79 Å². The van der Waals surface area contributed by atoms with E-state index in [1.807, 2.05) is 0 Å². The maximum atomic E-state index is 12.6. The Balaban J connectivity index is 0.000000480. The first-order valence-electron chi connectivity index (χ1n) is 8.43. The van der Waals surface area contributed by atoms with Crippen molar-refractivity contribution in [3.05, 3.63) is 35.5 Å². The number of sulfonamides is 1. The van der Waals surface area contributed by atoms with Crippen molar-refractivity contribution in [2.45, 2.75) is 25.7 Å². The van der Waals surface area contributed by atoms with Crippen molar-refractivity contribution in [1.82, 2.24) is 10.5 Å². The first kappa shape index (κ1) is 23.6. The molecule has 0 aliphatic rings. The van der Waals surface area contributed by atoms with Gasteiger partial charge < -0.3 is 25.8 Å². The number of aryl methyl sites for hydroxylation is 1. The van der Waals surface area contributed by atoms with Gasteiger partial charge in [0.15, 0.2) is 0 Å². The highest BCUT2D eigenvalue weighted by molar-refractivity contribution is 7.93. The Hall–Kier alpha value is -2.47. The molecule has 1 aromatic heterocycles. The van der Waals surface area contributed by atoms with Gasteiger partial charge in [-0.15, -0.1) is 0 Å². The van der Waals surface area contributed by atoms with Crippen LogP contribution in [0.1, 0.15) is 18.2 Å². The average molecular weight is 414 g/mol. The fraction of sp³-hybridized carbons (Fsp3) is 0.412. The molecule has 28 heavy (non-hydrogen) atoms. The summed E-state index contributed by atoms with van der Waals surface area (Å²) in [6.45, 7) is 5.86. The molecule has 0 spiro atoms. The zero-order valence-corrected chi connectivity index (χ0v) is 16.9. The Morgan fingerprint density at radius 1 is 1.18 bits per heavy atom. The van der Waals surface area contributed by atoms with Crippen LogP contribution in [0.15, 0.2) is 33.7 Å². The standard InChI is InChI=1S/C13H15N3O4S.C4H11NO2/c1-8-9(2)15-20-13(8)16(10(3)17)21(18,19)12-6-4-11(14)5-7-12;6-3-1-5-2-4-7/h4-7H,14H2,1-3H3;5-7H,1-4H2. The van der Waals surface area contributed by atoms with Gasteiger partial charge in [0.25, 0.3) is 15.9 Å². The van der Waals surface area contributed by atoms with E-state index in [2.05, 4.69) is 10.5 Å². The van der Waals surface area contributed by atoms with E-state index in [-0.39, 0.29) is 24.0 Å². The molecule has 2 aromatic rings. The molecule has 0 atom stereocenters. The Morgan fingerprint density at radius 2 is 1.71 bits per heavy atom. The minimum Gasteiger partial charge on any atom is -0.399 e. The van der Waals surface area contributed by atoms with E-state index in [4.69, 9.17) is 20.5 Å². The number of nitrogen functional groups attached to an aromatic ring is 1. The fourth-order valence-corrected chi connectivity index (χ4v) is 3.46. The summed E-state index contributed by atoms with van der Waals surface area (Å²) < 4.78 is 30.9. The molecule has 0 fully saturated rings. The third kappa shape index (κ3) is 6.02. The molecule has 1 aromatic carbocycles. The number of rotatable bonds is 7. The first-order valence-corrected chi connectivity index (χ1v) is 9.87. The van der Waals surface area contributed by atoms with Crippen molar-refractivity contribution >= 4 is 27.5 Å². The lowest BCUT2D eigenvalue weighted by atomic mass is 10.3. The quantitative estimate of drug-likeness (QED) is 0.366. The van der Waals surface area contributed by atoms with E-state index < -0.39 is 15.9 Å². The van der Waals surface area contributed by atoms with E-state index in [1.165, 1.54) is 24.3 Å². The first-order chi connectivity index (χ1) is 13.2. The summed E-state index contributed by atoms with van der Waals surface area (Å²) in [6.07, 6.45) is 0. The fourth-order valence-electron chi connectivity index (χ4n) is 2.04. The van der Waals surface area contributed by atoms with Crippen LogP contribution in [0, 0.1) is 13.8 Å². The molecule has 0 aliphatic carbocycles. The third-order valence-corrected chi connectivity index (χ3v) is 5.37. The summed E-state index contributed by atoms with van der Waals surface area (Å²) in [5.74, 6) is -0.789.